The lowest BCUT2D eigenvalue weighted by molar-refractivity contribution is 0.0977. The number of carbonyl (C=O) groups is 2. The highest BCUT2D eigenvalue weighted by molar-refractivity contribution is 6.38. The Morgan fingerprint density at radius 2 is 1.38 bits per heavy atom. The summed E-state index contributed by atoms with van der Waals surface area (Å²) in [6, 6.07) is 15.0. The van der Waals surface area contributed by atoms with Crippen molar-refractivity contribution in [3.8, 4) is 17.2 Å². The molecule has 3 aromatic carbocycles. The van der Waals surface area contributed by atoms with Crippen molar-refractivity contribution in [1.82, 2.24) is 0 Å². The van der Waals surface area contributed by atoms with E-state index in [4.69, 9.17) is 22.1 Å². The van der Waals surface area contributed by atoms with Gasteiger partial charge in [-0.15, -0.1) is 0 Å². The highest BCUT2D eigenvalue weighted by atomic mass is 35.5. The molecule has 0 heterocycles. The number of ether oxygens (including phenoxy) is 1. The molecule has 0 saturated carbocycles. The summed E-state index contributed by atoms with van der Waals surface area (Å²) >= 11 is 6.21. The number of para-hydroxylation sites is 1. The Labute approximate surface area is 153 Å². The lowest BCUT2D eigenvalue weighted by Crippen LogP contribution is -2.23. The fraction of sp³-hybridized carbons (Fsp3) is 0. The van der Waals surface area contributed by atoms with Crippen molar-refractivity contribution in [2.45, 2.75) is 0 Å². The molecule has 0 atom stereocenters. The highest BCUT2D eigenvalue weighted by Crippen LogP contribution is 2.48. The number of carbonyl (C=O) groups excluding carboxylic acids is 2. The van der Waals surface area contributed by atoms with Gasteiger partial charge in [-0.2, -0.15) is 0 Å². The van der Waals surface area contributed by atoms with E-state index in [1.807, 2.05) is 0 Å². The minimum atomic E-state index is -0.519. The van der Waals surface area contributed by atoms with Gasteiger partial charge in [0.2, 0.25) is 0 Å². The first-order valence-electron chi connectivity index (χ1n) is 7.76. The molecule has 0 radical (unpaired) electrons. The van der Waals surface area contributed by atoms with Crippen molar-refractivity contribution in [3.05, 3.63) is 81.9 Å². The van der Waals surface area contributed by atoms with Crippen molar-refractivity contribution in [2.24, 2.45) is 0 Å². The summed E-state index contributed by atoms with van der Waals surface area (Å²) in [4.78, 5) is 25.7. The average molecular weight is 366 g/mol. The number of phenols is 1. The van der Waals surface area contributed by atoms with Crippen LogP contribution in [0.3, 0.4) is 0 Å². The highest BCUT2D eigenvalue weighted by Gasteiger charge is 2.37. The van der Waals surface area contributed by atoms with Crippen molar-refractivity contribution >= 4 is 28.9 Å². The quantitative estimate of drug-likeness (QED) is 0.410. The van der Waals surface area contributed by atoms with Crippen LogP contribution in [0.4, 0.5) is 5.69 Å². The monoisotopic (exact) mass is 365 g/mol. The van der Waals surface area contributed by atoms with Crippen molar-refractivity contribution in [2.75, 3.05) is 5.73 Å². The molecular weight excluding hydrogens is 354 g/mol. The molecule has 26 heavy (non-hydrogen) atoms. The number of ketones is 2. The first kappa shape index (κ1) is 16.2. The first-order valence-corrected chi connectivity index (χ1v) is 8.13. The van der Waals surface area contributed by atoms with E-state index < -0.39 is 17.3 Å². The minimum absolute atomic E-state index is 0.0605. The number of benzene rings is 3. The molecule has 0 aliphatic heterocycles. The number of halogens is 1. The second kappa shape index (κ2) is 5.89. The standard InChI is InChI=1S/C20H12ClNO4/c21-15-19(25)14-13(16(22)20(15)26-10-6-2-1-3-7-10)17(23)11-8-4-5-9-12(11)18(14)24/h1-9,25H,22H2. The van der Waals surface area contributed by atoms with Crippen LogP contribution in [0, 0.1) is 0 Å². The predicted octanol–water partition coefficient (Wildman–Crippen LogP) is 4.20. The van der Waals surface area contributed by atoms with Crippen molar-refractivity contribution in [3.63, 3.8) is 0 Å². The number of hydrogen-bond acceptors (Lipinski definition) is 5. The van der Waals surface area contributed by atoms with Gasteiger partial charge < -0.3 is 15.6 Å². The van der Waals surface area contributed by atoms with Gasteiger partial charge in [0.15, 0.2) is 17.3 Å². The van der Waals surface area contributed by atoms with E-state index in [0.29, 0.717) is 5.75 Å². The Hall–Kier alpha value is -3.31. The Balaban J connectivity index is 1.96. The minimum Gasteiger partial charge on any atom is -0.505 e. The van der Waals surface area contributed by atoms with Gasteiger partial charge in [-0.25, -0.2) is 0 Å². The normalized spacial score (nSPS) is 12.5. The topological polar surface area (TPSA) is 89.6 Å². The number of anilines is 1. The maximum atomic E-state index is 12.9. The zero-order valence-electron chi connectivity index (χ0n) is 13.3. The molecule has 128 valence electrons. The zero-order chi connectivity index (χ0) is 18.4. The number of nitrogens with two attached hydrogens (primary N) is 1. The molecule has 0 fully saturated rings. The molecular formula is C20H12ClNO4. The van der Waals surface area contributed by atoms with Crippen LogP contribution in [0.2, 0.25) is 5.02 Å². The molecule has 3 N–H and O–H groups in total. The van der Waals surface area contributed by atoms with E-state index in [0.717, 1.165) is 0 Å². The summed E-state index contributed by atoms with van der Waals surface area (Å²) in [6.07, 6.45) is 0. The molecule has 0 unspecified atom stereocenters. The van der Waals surface area contributed by atoms with Crippen LogP contribution in [0.1, 0.15) is 31.8 Å². The van der Waals surface area contributed by atoms with Gasteiger partial charge in [0.1, 0.15) is 16.5 Å². The molecule has 5 nitrogen and oxygen atoms in total. The Morgan fingerprint density at radius 3 is 2.00 bits per heavy atom. The smallest absolute Gasteiger partial charge is 0.198 e. The van der Waals surface area contributed by atoms with E-state index in [1.165, 1.54) is 6.07 Å². The third-order valence-corrected chi connectivity index (χ3v) is 4.59. The second-order valence-electron chi connectivity index (χ2n) is 5.77. The summed E-state index contributed by atoms with van der Waals surface area (Å²) in [7, 11) is 0. The predicted molar refractivity (Wildman–Crippen MR) is 97.4 cm³/mol. The maximum absolute atomic E-state index is 12.9. The fourth-order valence-corrected chi connectivity index (χ4v) is 3.25. The van der Waals surface area contributed by atoms with Gasteiger partial charge in [0.05, 0.1) is 16.8 Å². The first-order chi connectivity index (χ1) is 12.5. The lowest BCUT2D eigenvalue weighted by Gasteiger charge is -2.22. The molecule has 0 aromatic heterocycles. The molecule has 0 amide bonds. The summed E-state index contributed by atoms with van der Waals surface area (Å²) in [5.41, 5.74) is 6.19. The van der Waals surface area contributed by atoms with Crippen LogP contribution in [0.25, 0.3) is 0 Å². The number of nitrogen functional groups attached to an aromatic ring is 1. The summed E-state index contributed by atoms with van der Waals surface area (Å²) in [5.74, 6) is -1.12. The zero-order valence-corrected chi connectivity index (χ0v) is 14.1. The largest absolute Gasteiger partial charge is 0.505 e. The van der Waals surface area contributed by atoms with E-state index in [-0.39, 0.29) is 38.7 Å². The van der Waals surface area contributed by atoms with Gasteiger partial charge in [-0.05, 0) is 12.1 Å². The molecule has 3 aromatic rings. The van der Waals surface area contributed by atoms with Crippen LogP contribution >= 0.6 is 11.6 Å². The molecule has 0 saturated heterocycles. The third-order valence-electron chi connectivity index (χ3n) is 4.24. The van der Waals surface area contributed by atoms with Crippen LogP contribution in [-0.2, 0) is 0 Å². The van der Waals surface area contributed by atoms with E-state index in [9.17, 15) is 14.7 Å². The fourth-order valence-electron chi connectivity index (χ4n) is 3.01. The number of aromatic hydroxyl groups is 1. The lowest BCUT2D eigenvalue weighted by atomic mass is 9.82. The van der Waals surface area contributed by atoms with Crippen LogP contribution in [-0.4, -0.2) is 16.7 Å². The van der Waals surface area contributed by atoms with Crippen LogP contribution in [0.5, 0.6) is 17.2 Å². The van der Waals surface area contributed by atoms with Gasteiger partial charge in [-0.3, -0.25) is 9.59 Å². The molecule has 1 aliphatic rings. The van der Waals surface area contributed by atoms with E-state index in [2.05, 4.69) is 0 Å². The second-order valence-corrected chi connectivity index (χ2v) is 6.15. The SMILES string of the molecule is Nc1c(Oc2ccccc2)c(Cl)c(O)c2c1C(=O)c1ccccc1C2=O. The molecule has 6 heteroatoms. The number of fused-ring (bicyclic) bond motifs is 2. The van der Waals surface area contributed by atoms with Gasteiger partial charge in [-0.1, -0.05) is 54.1 Å². The Morgan fingerprint density at radius 1 is 0.846 bits per heavy atom. The number of phenolic OH excluding ortho intramolecular Hbond substituents is 1. The summed E-state index contributed by atoms with van der Waals surface area (Å²) < 4.78 is 5.68. The van der Waals surface area contributed by atoms with E-state index in [1.54, 1.807) is 48.5 Å². The van der Waals surface area contributed by atoms with E-state index >= 15 is 0 Å². The van der Waals surface area contributed by atoms with Crippen LogP contribution < -0.4 is 10.5 Å². The average Bonchev–Trinajstić information content (AvgIpc) is 2.67. The molecule has 4 rings (SSSR count). The summed E-state index contributed by atoms with van der Waals surface area (Å²) in [5, 5.41) is 10.3. The maximum Gasteiger partial charge on any atom is 0.198 e. The van der Waals surface area contributed by atoms with Crippen LogP contribution in [0.15, 0.2) is 54.6 Å². The molecule has 1 aliphatic carbocycles. The summed E-state index contributed by atoms with van der Waals surface area (Å²) in [6.45, 7) is 0. The molecule has 0 spiro atoms. The number of rotatable bonds is 2. The van der Waals surface area contributed by atoms with Crippen molar-refractivity contribution in [1.29, 1.82) is 0 Å². The van der Waals surface area contributed by atoms with Crippen molar-refractivity contribution < 1.29 is 19.4 Å². The van der Waals surface area contributed by atoms with Gasteiger partial charge >= 0.3 is 0 Å². The van der Waals surface area contributed by atoms with Gasteiger partial charge in [0, 0.05) is 11.1 Å². The molecule has 0 bridgehead atoms. The Bertz CT molecular complexity index is 1080. The Kier molecular flexibility index (Phi) is 3.67. The third kappa shape index (κ3) is 2.25. The number of hydrogen-bond donors (Lipinski definition) is 2. The van der Waals surface area contributed by atoms with Gasteiger partial charge in [0.25, 0.3) is 0 Å².